The van der Waals surface area contributed by atoms with Crippen molar-refractivity contribution in [2.45, 2.75) is 70.3 Å². The Kier molecular flexibility index (Phi) is 6.12. The van der Waals surface area contributed by atoms with E-state index in [4.69, 9.17) is 4.99 Å². The predicted octanol–water partition coefficient (Wildman–Crippen LogP) is 4.74. The maximum absolute atomic E-state index is 4.76. The molecular formula is C13H27NSSi. The molecule has 0 heterocycles. The number of unbranched alkanes of at least 4 members (excludes halogenated alkanes) is 2. The van der Waals surface area contributed by atoms with Gasteiger partial charge in [-0.3, -0.25) is 4.99 Å². The molecule has 1 nitrogen and oxygen atoms in total. The Hall–Kier alpha value is 0.237. The molecule has 1 aliphatic rings. The molecule has 1 saturated carbocycles. The van der Waals surface area contributed by atoms with Crippen molar-refractivity contribution in [3.05, 3.63) is 0 Å². The summed E-state index contributed by atoms with van der Waals surface area (Å²) in [4.78, 5) is 4.76. The van der Waals surface area contributed by atoms with Crippen molar-refractivity contribution in [1.29, 1.82) is 0 Å². The summed E-state index contributed by atoms with van der Waals surface area (Å²) in [6.07, 6.45) is 7.85. The lowest BCUT2D eigenvalue weighted by molar-refractivity contribution is 0.727. The Bertz CT molecular complexity index is 233. The lowest BCUT2D eigenvalue weighted by Gasteiger charge is -2.19. The van der Waals surface area contributed by atoms with Gasteiger partial charge in [-0.1, -0.05) is 39.4 Å². The van der Waals surface area contributed by atoms with Crippen LogP contribution < -0.4 is 0 Å². The van der Waals surface area contributed by atoms with Crippen molar-refractivity contribution in [2.24, 2.45) is 4.99 Å². The second kappa shape index (κ2) is 6.85. The third-order valence-corrected chi connectivity index (χ3v) is 7.40. The van der Waals surface area contributed by atoms with E-state index in [2.05, 4.69) is 37.8 Å². The summed E-state index contributed by atoms with van der Waals surface area (Å²) in [5, 5.41) is 0.886. The zero-order valence-corrected chi connectivity index (χ0v) is 13.2. The van der Waals surface area contributed by atoms with E-state index in [1.807, 2.05) is 0 Å². The molecule has 1 rings (SSSR count). The van der Waals surface area contributed by atoms with Gasteiger partial charge in [0.2, 0.25) is 0 Å². The Labute approximate surface area is 106 Å². The molecule has 0 radical (unpaired) electrons. The molecule has 0 aromatic carbocycles. The Morgan fingerprint density at radius 3 is 2.69 bits per heavy atom. The van der Waals surface area contributed by atoms with Crippen molar-refractivity contribution >= 4 is 24.1 Å². The summed E-state index contributed by atoms with van der Waals surface area (Å²) in [5.41, 5.74) is 1.51. The van der Waals surface area contributed by atoms with Gasteiger partial charge in [0.1, 0.15) is 7.22 Å². The monoisotopic (exact) mass is 257 g/mol. The predicted molar refractivity (Wildman–Crippen MR) is 80.4 cm³/mol. The smallest absolute Gasteiger partial charge is 0.108 e. The first-order valence-corrected chi connectivity index (χ1v) is 11.8. The van der Waals surface area contributed by atoms with Gasteiger partial charge in [0.05, 0.1) is 0 Å². The topological polar surface area (TPSA) is 12.4 Å². The van der Waals surface area contributed by atoms with Crippen LogP contribution in [0.5, 0.6) is 0 Å². The van der Waals surface area contributed by atoms with Crippen LogP contribution >= 0.6 is 11.2 Å². The van der Waals surface area contributed by atoms with Gasteiger partial charge in [0.15, 0.2) is 0 Å². The van der Waals surface area contributed by atoms with E-state index in [1.54, 1.807) is 0 Å². The van der Waals surface area contributed by atoms with Crippen LogP contribution in [0.2, 0.25) is 19.6 Å². The summed E-state index contributed by atoms with van der Waals surface area (Å²) < 4.78 is 0. The molecule has 0 amide bonds. The zero-order valence-electron chi connectivity index (χ0n) is 11.4. The van der Waals surface area contributed by atoms with Crippen molar-refractivity contribution in [3.8, 4) is 0 Å². The first-order chi connectivity index (χ1) is 7.51. The number of nitrogens with zero attached hydrogens (tertiary/aromatic N) is 1. The SMILES string of the molecule is CCCCC/N=C1\CCC(S[Si](C)(C)C)C1. The molecule has 1 fully saturated rings. The van der Waals surface area contributed by atoms with E-state index in [0.717, 1.165) is 11.8 Å². The molecular weight excluding hydrogens is 230 g/mol. The molecule has 1 unspecified atom stereocenters. The Morgan fingerprint density at radius 1 is 1.31 bits per heavy atom. The molecule has 94 valence electrons. The average Bonchev–Trinajstić information content (AvgIpc) is 2.58. The maximum Gasteiger partial charge on any atom is 0.108 e. The fourth-order valence-electron chi connectivity index (χ4n) is 2.14. The Morgan fingerprint density at radius 2 is 2.06 bits per heavy atom. The molecule has 1 aliphatic carbocycles. The van der Waals surface area contributed by atoms with Crippen LogP contribution in [0.25, 0.3) is 0 Å². The van der Waals surface area contributed by atoms with Crippen LogP contribution in [0.15, 0.2) is 4.99 Å². The van der Waals surface area contributed by atoms with Crippen LogP contribution in [0.1, 0.15) is 45.4 Å². The van der Waals surface area contributed by atoms with Gasteiger partial charge in [-0.05, 0) is 25.7 Å². The number of hydrogen-bond donors (Lipinski definition) is 0. The third kappa shape index (κ3) is 6.09. The quantitative estimate of drug-likeness (QED) is 0.494. The normalized spacial score (nSPS) is 24.2. The van der Waals surface area contributed by atoms with Crippen molar-refractivity contribution in [2.75, 3.05) is 6.54 Å². The highest BCUT2D eigenvalue weighted by Gasteiger charge is 2.26. The molecule has 0 aliphatic heterocycles. The van der Waals surface area contributed by atoms with Gasteiger partial charge in [-0.15, -0.1) is 0 Å². The fraction of sp³-hybridized carbons (Fsp3) is 0.923. The molecule has 0 aromatic rings. The summed E-state index contributed by atoms with van der Waals surface area (Å²) in [5.74, 6) is 0. The molecule has 0 aromatic heterocycles. The van der Waals surface area contributed by atoms with Crippen LogP contribution in [-0.2, 0) is 0 Å². The molecule has 0 bridgehead atoms. The van der Waals surface area contributed by atoms with Crippen LogP contribution in [0.4, 0.5) is 0 Å². The second-order valence-electron chi connectivity index (χ2n) is 5.75. The highest BCUT2D eigenvalue weighted by molar-refractivity contribution is 8.29. The maximum atomic E-state index is 4.76. The Balaban J connectivity index is 2.24. The van der Waals surface area contributed by atoms with E-state index >= 15 is 0 Å². The summed E-state index contributed by atoms with van der Waals surface area (Å²) in [6.45, 7) is 10.7. The summed E-state index contributed by atoms with van der Waals surface area (Å²) in [7, 11) is -0.934. The zero-order chi connectivity index (χ0) is 12.0. The molecule has 1 atom stereocenters. The van der Waals surface area contributed by atoms with Crippen molar-refractivity contribution < 1.29 is 0 Å². The van der Waals surface area contributed by atoms with Gasteiger partial charge < -0.3 is 0 Å². The van der Waals surface area contributed by atoms with Gasteiger partial charge in [-0.2, -0.15) is 11.2 Å². The largest absolute Gasteiger partial charge is 0.294 e. The lowest BCUT2D eigenvalue weighted by atomic mass is 10.2. The van der Waals surface area contributed by atoms with Gasteiger partial charge >= 0.3 is 0 Å². The molecule has 16 heavy (non-hydrogen) atoms. The first kappa shape index (κ1) is 14.3. The fourth-order valence-corrected chi connectivity index (χ4v) is 7.25. The first-order valence-electron chi connectivity index (χ1n) is 6.71. The van der Waals surface area contributed by atoms with E-state index in [-0.39, 0.29) is 0 Å². The minimum Gasteiger partial charge on any atom is -0.294 e. The van der Waals surface area contributed by atoms with Crippen molar-refractivity contribution in [1.82, 2.24) is 0 Å². The molecule has 0 N–H and O–H groups in total. The van der Waals surface area contributed by atoms with Crippen LogP contribution in [-0.4, -0.2) is 24.7 Å². The minimum absolute atomic E-state index is 0.886. The average molecular weight is 258 g/mol. The lowest BCUT2D eigenvalue weighted by Crippen LogP contribution is -2.19. The number of hydrogen-bond acceptors (Lipinski definition) is 2. The van der Waals surface area contributed by atoms with E-state index in [1.165, 1.54) is 44.2 Å². The summed E-state index contributed by atoms with van der Waals surface area (Å²) >= 11 is 2.27. The summed E-state index contributed by atoms with van der Waals surface area (Å²) in [6, 6.07) is 0. The van der Waals surface area contributed by atoms with E-state index < -0.39 is 7.22 Å². The second-order valence-corrected chi connectivity index (χ2v) is 15.3. The number of rotatable bonds is 6. The van der Waals surface area contributed by atoms with Crippen LogP contribution in [0, 0.1) is 0 Å². The standard InChI is InChI=1S/C13H27NSSi/c1-5-6-7-10-14-12-8-9-13(11-12)15-16(2,3)4/h13H,5-11H2,1-4H3/b14-12+. The molecule has 0 spiro atoms. The highest BCUT2D eigenvalue weighted by Crippen LogP contribution is 2.34. The van der Waals surface area contributed by atoms with Gasteiger partial charge in [0, 0.05) is 17.5 Å². The minimum atomic E-state index is -0.934. The number of aliphatic imine (C=N–C) groups is 1. The highest BCUT2D eigenvalue weighted by atomic mass is 32.4. The van der Waals surface area contributed by atoms with Gasteiger partial charge in [-0.25, -0.2) is 0 Å². The third-order valence-electron chi connectivity index (χ3n) is 2.84. The van der Waals surface area contributed by atoms with E-state index in [9.17, 15) is 0 Å². The van der Waals surface area contributed by atoms with Gasteiger partial charge in [0.25, 0.3) is 0 Å². The van der Waals surface area contributed by atoms with Crippen LogP contribution in [0.3, 0.4) is 0 Å². The molecule has 0 saturated heterocycles. The molecule has 3 heteroatoms. The van der Waals surface area contributed by atoms with Crippen molar-refractivity contribution in [3.63, 3.8) is 0 Å². The van der Waals surface area contributed by atoms with E-state index in [0.29, 0.717) is 0 Å².